The van der Waals surface area contributed by atoms with Gasteiger partial charge in [-0.15, -0.1) is 0 Å². The number of carbonyl (C=O) groups is 2. The van der Waals surface area contributed by atoms with Gasteiger partial charge in [-0.1, -0.05) is 23.2 Å². The summed E-state index contributed by atoms with van der Waals surface area (Å²) in [4.78, 5) is 24.9. The Labute approximate surface area is 155 Å². The standard InChI is InChI=1S/C17H17Cl2N3O3/c1-22(2)16(23)10-25-13-6-3-11(4-7-13)20-17(24)21-12-5-8-14(18)15(19)9-12/h3-9H,10H2,1-2H3,(H2,20,21,24). The van der Waals surface area contributed by atoms with Crippen LogP contribution >= 0.6 is 23.2 Å². The molecule has 0 bridgehead atoms. The Morgan fingerprint density at radius 2 is 1.56 bits per heavy atom. The van der Waals surface area contributed by atoms with Crippen molar-refractivity contribution in [3.63, 3.8) is 0 Å². The fourth-order valence-electron chi connectivity index (χ4n) is 1.78. The first-order valence-corrected chi connectivity index (χ1v) is 8.07. The van der Waals surface area contributed by atoms with E-state index < -0.39 is 6.03 Å². The number of anilines is 2. The van der Waals surface area contributed by atoms with Gasteiger partial charge < -0.3 is 20.3 Å². The summed E-state index contributed by atoms with van der Waals surface area (Å²) in [6.45, 7) is -0.0441. The molecule has 0 atom stereocenters. The van der Waals surface area contributed by atoms with E-state index in [0.717, 1.165) is 0 Å². The van der Waals surface area contributed by atoms with Crippen molar-refractivity contribution in [2.24, 2.45) is 0 Å². The van der Waals surface area contributed by atoms with E-state index in [1.807, 2.05) is 0 Å². The summed E-state index contributed by atoms with van der Waals surface area (Å²) in [6.07, 6.45) is 0. The SMILES string of the molecule is CN(C)C(=O)COc1ccc(NC(=O)Nc2ccc(Cl)c(Cl)c2)cc1. The van der Waals surface area contributed by atoms with Gasteiger partial charge in [0.2, 0.25) is 0 Å². The molecule has 0 radical (unpaired) electrons. The largest absolute Gasteiger partial charge is 0.484 e. The van der Waals surface area contributed by atoms with Gasteiger partial charge in [-0.2, -0.15) is 0 Å². The topological polar surface area (TPSA) is 70.7 Å². The van der Waals surface area contributed by atoms with Crippen LogP contribution in [0.25, 0.3) is 0 Å². The Balaban J connectivity index is 1.88. The molecule has 3 amide bonds. The monoisotopic (exact) mass is 381 g/mol. The number of nitrogens with one attached hydrogen (secondary N) is 2. The number of nitrogens with zero attached hydrogens (tertiary/aromatic N) is 1. The van der Waals surface area contributed by atoms with Crippen molar-refractivity contribution < 1.29 is 14.3 Å². The summed E-state index contributed by atoms with van der Waals surface area (Å²) >= 11 is 11.7. The van der Waals surface area contributed by atoms with E-state index in [1.165, 1.54) is 4.90 Å². The van der Waals surface area contributed by atoms with Gasteiger partial charge in [0.25, 0.3) is 5.91 Å². The Bertz CT molecular complexity index is 764. The maximum Gasteiger partial charge on any atom is 0.323 e. The average molecular weight is 382 g/mol. The summed E-state index contributed by atoms with van der Waals surface area (Å²) in [5.41, 5.74) is 1.10. The normalized spacial score (nSPS) is 10.1. The minimum Gasteiger partial charge on any atom is -0.484 e. The Morgan fingerprint density at radius 1 is 0.960 bits per heavy atom. The Kier molecular flexibility index (Phi) is 6.50. The van der Waals surface area contributed by atoms with Crippen LogP contribution in [0.5, 0.6) is 5.75 Å². The highest BCUT2D eigenvalue weighted by Gasteiger charge is 2.07. The van der Waals surface area contributed by atoms with Gasteiger partial charge in [-0.3, -0.25) is 4.79 Å². The minimum atomic E-state index is -0.421. The number of urea groups is 1. The molecule has 0 aliphatic carbocycles. The number of halogens is 2. The van der Waals surface area contributed by atoms with Gasteiger partial charge >= 0.3 is 6.03 Å². The first-order valence-electron chi connectivity index (χ1n) is 7.31. The lowest BCUT2D eigenvalue weighted by Crippen LogP contribution is -2.27. The Morgan fingerprint density at radius 3 is 2.16 bits per heavy atom. The molecule has 25 heavy (non-hydrogen) atoms. The maximum atomic E-state index is 12.0. The molecule has 0 aliphatic rings. The molecular formula is C17H17Cl2N3O3. The average Bonchev–Trinajstić information content (AvgIpc) is 2.57. The summed E-state index contributed by atoms with van der Waals surface area (Å²) in [7, 11) is 3.32. The highest BCUT2D eigenvalue weighted by molar-refractivity contribution is 6.42. The summed E-state index contributed by atoms with van der Waals surface area (Å²) in [5, 5.41) is 6.10. The first kappa shape index (κ1) is 18.9. The number of hydrogen-bond acceptors (Lipinski definition) is 3. The van der Waals surface area contributed by atoms with Crippen LogP contribution in [0.4, 0.5) is 16.2 Å². The van der Waals surface area contributed by atoms with Gasteiger partial charge in [0.15, 0.2) is 6.61 Å². The number of rotatable bonds is 5. The number of ether oxygens (including phenoxy) is 1. The summed E-state index contributed by atoms with van der Waals surface area (Å²) < 4.78 is 5.36. The van der Waals surface area contributed by atoms with Gasteiger partial charge in [0.1, 0.15) is 5.75 Å². The summed E-state index contributed by atoms with van der Waals surface area (Å²) in [6, 6.07) is 11.0. The van der Waals surface area contributed by atoms with E-state index in [2.05, 4.69) is 10.6 Å². The van der Waals surface area contributed by atoms with E-state index in [1.54, 1.807) is 56.6 Å². The van der Waals surface area contributed by atoms with Crippen molar-refractivity contribution in [3.05, 3.63) is 52.5 Å². The second-order valence-electron chi connectivity index (χ2n) is 5.31. The molecule has 0 saturated heterocycles. The van der Waals surface area contributed by atoms with E-state index >= 15 is 0 Å². The number of likely N-dealkylation sites (N-methyl/N-ethyl adjacent to an activating group) is 1. The molecule has 2 aromatic rings. The van der Waals surface area contributed by atoms with Gasteiger partial charge in [-0.25, -0.2) is 4.79 Å². The van der Waals surface area contributed by atoms with E-state index in [9.17, 15) is 9.59 Å². The maximum absolute atomic E-state index is 12.0. The molecule has 0 saturated carbocycles. The molecule has 132 valence electrons. The quantitative estimate of drug-likeness (QED) is 0.818. The molecule has 0 aromatic heterocycles. The molecule has 0 fully saturated rings. The third-order valence-corrected chi connectivity index (χ3v) is 3.89. The number of benzene rings is 2. The van der Waals surface area contributed by atoms with Gasteiger partial charge in [-0.05, 0) is 42.5 Å². The highest BCUT2D eigenvalue weighted by Crippen LogP contribution is 2.25. The zero-order valence-electron chi connectivity index (χ0n) is 13.7. The molecule has 0 spiro atoms. The smallest absolute Gasteiger partial charge is 0.323 e. The van der Waals surface area contributed by atoms with Crippen molar-refractivity contribution in [1.29, 1.82) is 0 Å². The molecule has 0 unspecified atom stereocenters. The van der Waals surface area contributed by atoms with Gasteiger partial charge in [0.05, 0.1) is 10.0 Å². The molecule has 0 aliphatic heterocycles. The van der Waals surface area contributed by atoms with Crippen LogP contribution in [0.15, 0.2) is 42.5 Å². The molecular weight excluding hydrogens is 365 g/mol. The zero-order chi connectivity index (χ0) is 18.4. The lowest BCUT2D eigenvalue weighted by molar-refractivity contribution is -0.130. The third kappa shape index (κ3) is 5.85. The lowest BCUT2D eigenvalue weighted by Gasteiger charge is -2.12. The van der Waals surface area contributed by atoms with Crippen molar-refractivity contribution >= 4 is 46.5 Å². The van der Waals surface area contributed by atoms with Crippen LogP contribution in [0, 0.1) is 0 Å². The lowest BCUT2D eigenvalue weighted by atomic mass is 10.3. The van der Waals surface area contributed by atoms with E-state index in [4.69, 9.17) is 27.9 Å². The number of carbonyl (C=O) groups excluding carboxylic acids is 2. The van der Waals surface area contributed by atoms with Crippen molar-refractivity contribution in [2.45, 2.75) is 0 Å². The predicted octanol–water partition coefficient (Wildman–Crippen LogP) is 4.10. The van der Waals surface area contributed by atoms with Crippen molar-refractivity contribution in [1.82, 2.24) is 4.90 Å². The van der Waals surface area contributed by atoms with Crippen LogP contribution in [0.3, 0.4) is 0 Å². The van der Waals surface area contributed by atoms with E-state index in [0.29, 0.717) is 27.2 Å². The predicted molar refractivity (Wildman–Crippen MR) is 99.7 cm³/mol. The third-order valence-electron chi connectivity index (χ3n) is 3.15. The van der Waals surface area contributed by atoms with Crippen LogP contribution in [0.2, 0.25) is 10.0 Å². The molecule has 6 nitrogen and oxygen atoms in total. The zero-order valence-corrected chi connectivity index (χ0v) is 15.2. The van der Waals surface area contributed by atoms with Crippen LogP contribution in [0.1, 0.15) is 0 Å². The molecule has 0 heterocycles. The summed E-state index contributed by atoms with van der Waals surface area (Å²) in [5.74, 6) is 0.397. The minimum absolute atomic E-state index is 0.0441. The van der Waals surface area contributed by atoms with Crippen LogP contribution in [-0.2, 0) is 4.79 Å². The number of amides is 3. The Hall–Kier alpha value is -2.44. The molecule has 2 aromatic carbocycles. The molecule has 8 heteroatoms. The van der Waals surface area contributed by atoms with Crippen molar-refractivity contribution in [3.8, 4) is 5.75 Å². The second-order valence-corrected chi connectivity index (χ2v) is 6.12. The number of hydrogen-bond donors (Lipinski definition) is 2. The van der Waals surface area contributed by atoms with Crippen LogP contribution < -0.4 is 15.4 Å². The second kappa shape index (κ2) is 8.60. The first-order chi connectivity index (χ1) is 11.8. The highest BCUT2D eigenvalue weighted by atomic mass is 35.5. The fourth-order valence-corrected chi connectivity index (χ4v) is 2.07. The molecule has 2 rings (SSSR count). The van der Waals surface area contributed by atoms with E-state index in [-0.39, 0.29) is 12.5 Å². The fraction of sp³-hybridized carbons (Fsp3) is 0.176. The van der Waals surface area contributed by atoms with Crippen molar-refractivity contribution in [2.75, 3.05) is 31.3 Å². The van der Waals surface area contributed by atoms with Gasteiger partial charge in [0, 0.05) is 25.5 Å². The van der Waals surface area contributed by atoms with Crippen LogP contribution in [-0.4, -0.2) is 37.5 Å². The molecule has 2 N–H and O–H groups in total.